The van der Waals surface area contributed by atoms with Gasteiger partial charge in [0.1, 0.15) is 5.15 Å². The molecule has 94 valence electrons. The van der Waals surface area contributed by atoms with Gasteiger partial charge in [-0.3, -0.25) is 0 Å². The number of fused-ring (bicyclic) bond motifs is 1. The van der Waals surface area contributed by atoms with Gasteiger partial charge >= 0.3 is 0 Å². The molecule has 0 aliphatic heterocycles. The van der Waals surface area contributed by atoms with E-state index in [1.807, 2.05) is 30.3 Å². The SMILES string of the molecule is Clc1ccccc1-c1nc(Cl)c2c(Cl)cccc2n1. The van der Waals surface area contributed by atoms with Gasteiger partial charge in [0.25, 0.3) is 0 Å². The fraction of sp³-hybridized carbons (Fsp3) is 0. The van der Waals surface area contributed by atoms with Crippen LogP contribution in [0.1, 0.15) is 0 Å². The van der Waals surface area contributed by atoms with Crippen LogP contribution in [-0.4, -0.2) is 9.97 Å². The van der Waals surface area contributed by atoms with E-state index >= 15 is 0 Å². The topological polar surface area (TPSA) is 25.8 Å². The highest BCUT2D eigenvalue weighted by Crippen LogP contribution is 2.32. The van der Waals surface area contributed by atoms with E-state index in [0.29, 0.717) is 31.9 Å². The quantitative estimate of drug-likeness (QED) is 0.573. The third kappa shape index (κ3) is 2.27. The third-order valence-electron chi connectivity index (χ3n) is 2.74. The Bertz CT molecular complexity index is 772. The number of halogens is 3. The first-order valence-electron chi connectivity index (χ1n) is 5.53. The van der Waals surface area contributed by atoms with Crippen molar-refractivity contribution in [1.82, 2.24) is 9.97 Å². The molecule has 0 saturated carbocycles. The maximum absolute atomic E-state index is 6.19. The Kier molecular flexibility index (Phi) is 3.31. The highest BCUT2D eigenvalue weighted by atomic mass is 35.5. The zero-order chi connectivity index (χ0) is 13.4. The molecular formula is C14H7Cl3N2. The molecule has 2 nitrogen and oxygen atoms in total. The summed E-state index contributed by atoms with van der Waals surface area (Å²) in [5.41, 5.74) is 1.44. The monoisotopic (exact) mass is 308 g/mol. The van der Waals surface area contributed by atoms with E-state index in [1.165, 1.54) is 0 Å². The van der Waals surface area contributed by atoms with E-state index in [2.05, 4.69) is 9.97 Å². The van der Waals surface area contributed by atoms with Gasteiger partial charge in [0.15, 0.2) is 5.82 Å². The van der Waals surface area contributed by atoms with Crippen LogP contribution in [0, 0.1) is 0 Å². The van der Waals surface area contributed by atoms with Gasteiger partial charge in [-0.2, -0.15) is 0 Å². The van der Waals surface area contributed by atoms with Crippen molar-refractivity contribution in [2.24, 2.45) is 0 Å². The van der Waals surface area contributed by atoms with Crippen LogP contribution in [-0.2, 0) is 0 Å². The second kappa shape index (κ2) is 4.97. The van der Waals surface area contributed by atoms with Crippen molar-refractivity contribution in [3.8, 4) is 11.4 Å². The summed E-state index contributed by atoms with van der Waals surface area (Å²) in [4.78, 5) is 8.74. The molecule has 0 amide bonds. The normalized spacial score (nSPS) is 10.9. The Balaban J connectivity index is 2.31. The summed E-state index contributed by atoms with van der Waals surface area (Å²) in [6, 6.07) is 12.8. The van der Waals surface area contributed by atoms with Crippen molar-refractivity contribution in [1.29, 1.82) is 0 Å². The highest BCUT2D eigenvalue weighted by molar-refractivity contribution is 6.41. The fourth-order valence-electron chi connectivity index (χ4n) is 1.86. The van der Waals surface area contributed by atoms with Crippen LogP contribution in [0.5, 0.6) is 0 Å². The number of nitrogens with zero attached hydrogens (tertiary/aromatic N) is 2. The Morgan fingerprint density at radius 3 is 2.26 bits per heavy atom. The second-order valence-corrected chi connectivity index (χ2v) is 5.12. The van der Waals surface area contributed by atoms with Crippen molar-refractivity contribution in [2.75, 3.05) is 0 Å². The van der Waals surface area contributed by atoms with Crippen LogP contribution in [0.2, 0.25) is 15.2 Å². The molecule has 2 aromatic carbocycles. The molecule has 1 aromatic heterocycles. The summed E-state index contributed by atoms with van der Waals surface area (Å²) in [5.74, 6) is 0.491. The van der Waals surface area contributed by atoms with E-state index in [0.717, 1.165) is 5.56 Å². The Morgan fingerprint density at radius 2 is 1.47 bits per heavy atom. The summed E-state index contributed by atoms with van der Waals surface area (Å²) >= 11 is 18.4. The lowest BCUT2D eigenvalue weighted by Crippen LogP contribution is -1.92. The molecule has 0 bridgehead atoms. The first-order chi connectivity index (χ1) is 9.16. The number of rotatable bonds is 1. The van der Waals surface area contributed by atoms with Crippen LogP contribution in [0.3, 0.4) is 0 Å². The predicted octanol–water partition coefficient (Wildman–Crippen LogP) is 5.26. The number of hydrogen-bond acceptors (Lipinski definition) is 2. The molecule has 0 aliphatic rings. The minimum atomic E-state index is 0.325. The van der Waals surface area contributed by atoms with Gasteiger partial charge in [0.2, 0.25) is 0 Å². The molecule has 0 radical (unpaired) electrons. The molecule has 0 fully saturated rings. The van der Waals surface area contributed by atoms with Crippen molar-refractivity contribution in [3.05, 3.63) is 57.7 Å². The summed E-state index contributed by atoms with van der Waals surface area (Å²) in [6.45, 7) is 0. The molecule has 3 rings (SSSR count). The lowest BCUT2D eigenvalue weighted by atomic mass is 10.2. The maximum Gasteiger partial charge on any atom is 0.162 e. The molecule has 0 saturated heterocycles. The van der Waals surface area contributed by atoms with Crippen LogP contribution in [0.25, 0.3) is 22.3 Å². The van der Waals surface area contributed by atoms with E-state index in [9.17, 15) is 0 Å². The predicted molar refractivity (Wildman–Crippen MR) is 80.0 cm³/mol. The number of benzene rings is 2. The van der Waals surface area contributed by atoms with Crippen LogP contribution in [0.4, 0.5) is 0 Å². The molecular weight excluding hydrogens is 303 g/mol. The Hall–Kier alpha value is -1.35. The summed E-state index contributed by atoms with van der Waals surface area (Å²) in [7, 11) is 0. The average molecular weight is 310 g/mol. The molecule has 0 unspecified atom stereocenters. The zero-order valence-corrected chi connectivity index (χ0v) is 11.8. The first-order valence-corrected chi connectivity index (χ1v) is 6.67. The minimum absolute atomic E-state index is 0.325. The largest absolute Gasteiger partial charge is 0.228 e. The number of aromatic nitrogens is 2. The van der Waals surface area contributed by atoms with Crippen molar-refractivity contribution < 1.29 is 0 Å². The van der Waals surface area contributed by atoms with E-state index < -0.39 is 0 Å². The Morgan fingerprint density at radius 1 is 0.737 bits per heavy atom. The second-order valence-electron chi connectivity index (χ2n) is 3.95. The third-order valence-corrected chi connectivity index (χ3v) is 3.66. The minimum Gasteiger partial charge on any atom is -0.228 e. The summed E-state index contributed by atoms with van der Waals surface area (Å²) < 4.78 is 0. The van der Waals surface area contributed by atoms with Crippen LogP contribution in [0.15, 0.2) is 42.5 Å². The standard InChI is InChI=1S/C14H7Cl3N2/c15-9-5-2-1-4-8(9)14-18-11-7-3-6-10(16)12(11)13(17)19-14/h1-7H. The lowest BCUT2D eigenvalue weighted by molar-refractivity contribution is 1.23. The molecule has 0 spiro atoms. The van der Waals surface area contributed by atoms with Gasteiger partial charge in [-0.25, -0.2) is 9.97 Å². The van der Waals surface area contributed by atoms with Gasteiger partial charge in [0, 0.05) is 5.56 Å². The molecule has 0 N–H and O–H groups in total. The van der Waals surface area contributed by atoms with Crippen LogP contribution >= 0.6 is 34.8 Å². The number of hydrogen-bond donors (Lipinski definition) is 0. The molecule has 3 aromatic rings. The van der Waals surface area contributed by atoms with Gasteiger partial charge in [0.05, 0.1) is 20.9 Å². The molecule has 0 atom stereocenters. The highest BCUT2D eigenvalue weighted by Gasteiger charge is 2.12. The van der Waals surface area contributed by atoms with Crippen molar-refractivity contribution >= 4 is 45.7 Å². The summed E-state index contributed by atoms with van der Waals surface area (Å²) in [5, 5.41) is 2.10. The van der Waals surface area contributed by atoms with Gasteiger partial charge in [-0.1, -0.05) is 53.0 Å². The molecule has 5 heteroatoms. The maximum atomic E-state index is 6.19. The molecule has 0 aliphatic carbocycles. The average Bonchev–Trinajstić information content (AvgIpc) is 2.39. The van der Waals surface area contributed by atoms with Crippen molar-refractivity contribution in [3.63, 3.8) is 0 Å². The van der Waals surface area contributed by atoms with Crippen LogP contribution < -0.4 is 0 Å². The van der Waals surface area contributed by atoms with Gasteiger partial charge < -0.3 is 0 Å². The van der Waals surface area contributed by atoms with Crippen molar-refractivity contribution in [2.45, 2.75) is 0 Å². The lowest BCUT2D eigenvalue weighted by Gasteiger charge is -2.07. The zero-order valence-electron chi connectivity index (χ0n) is 9.57. The van der Waals surface area contributed by atoms with Gasteiger partial charge in [-0.15, -0.1) is 0 Å². The smallest absolute Gasteiger partial charge is 0.162 e. The Labute approximate surface area is 125 Å². The molecule has 19 heavy (non-hydrogen) atoms. The van der Waals surface area contributed by atoms with Gasteiger partial charge in [-0.05, 0) is 24.3 Å². The fourth-order valence-corrected chi connectivity index (χ4v) is 2.67. The first kappa shape index (κ1) is 12.7. The molecule has 1 heterocycles. The summed E-state index contributed by atoms with van der Waals surface area (Å²) in [6.07, 6.45) is 0. The van der Waals surface area contributed by atoms with E-state index in [1.54, 1.807) is 12.1 Å². The van der Waals surface area contributed by atoms with E-state index in [-0.39, 0.29) is 0 Å². The van der Waals surface area contributed by atoms with E-state index in [4.69, 9.17) is 34.8 Å².